The first-order chi connectivity index (χ1) is 5.16. The van der Waals surface area contributed by atoms with Crippen LogP contribution in [0.5, 0.6) is 0 Å². The molecule has 11 heavy (non-hydrogen) atoms. The zero-order valence-electron chi connectivity index (χ0n) is 6.46. The first kappa shape index (κ1) is 7.71. The third-order valence-electron chi connectivity index (χ3n) is 1.51. The molecular formula is C6H10N3O2+. The minimum Gasteiger partial charge on any atom is -0.275 e. The number of H-pyrrole nitrogens is 1. The third-order valence-corrected chi connectivity index (χ3v) is 1.51. The molecule has 0 spiro atoms. The summed E-state index contributed by atoms with van der Waals surface area (Å²) in [7, 11) is 0. The van der Waals surface area contributed by atoms with Gasteiger partial charge in [0, 0.05) is 0 Å². The Morgan fingerprint density at radius 1 is 1.73 bits per heavy atom. The Balaban J connectivity index is 3.17. The Bertz CT molecular complexity index is 279. The maximum absolute atomic E-state index is 10.5. The van der Waals surface area contributed by atoms with Crippen LogP contribution in [0.15, 0.2) is 0 Å². The molecule has 0 saturated carbocycles. The second-order valence-electron chi connectivity index (χ2n) is 2.27. The fraction of sp³-hybridized carbons (Fsp3) is 0.500. The van der Waals surface area contributed by atoms with Crippen LogP contribution in [0.3, 0.4) is 0 Å². The van der Waals surface area contributed by atoms with Crippen molar-refractivity contribution in [3.63, 3.8) is 0 Å². The van der Waals surface area contributed by atoms with E-state index < -0.39 is 0 Å². The largest absolute Gasteiger partial charge is 0.359 e. The van der Waals surface area contributed by atoms with Crippen LogP contribution < -0.4 is 0 Å². The van der Waals surface area contributed by atoms with Crippen LogP contribution in [-0.2, 0) is 6.42 Å². The van der Waals surface area contributed by atoms with Crippen molar-refractivity contribution in [2.75, 3.05) is 0 Å². The summed E-state index contributed by atoms with van der Waals surface area (Å²) in [6, 6.07) is 0. The highest BCUT2D eigenvalue weighted by atomic mass is 16.6. The fourth-order valence-corrected chi connectivity index (χ4v) is 0.974. The van der Waals surface area contributed by atoms with Crippen molar-refractivity contribution in [2.45, 2.75) is 20.3 Å². The summed E-state index contributed by atoms with van der Waals surface area (Å²) in [5.74, 6) is 0. The lowest BCUT2D eigenvalue weighted by atomic mass is 10.2. The zero-order chi connectivity index (χ0) is 8.43. The van der Waals surface area contributed by atoms with E-state index in [1.54, 1.807) is 6.92 Å². The van der Waals surface area contributed by atoms with Crippen LogP contribution in [0.2, 0.25) is 0 Å². The molecule has 0 aliphatic carbocycles. The average molecular weight is 156 g/mol. The van der Waals surface area contributed by atoms with Gasteiger partial charge in [-0.2, -0.15) is 5.10 Å². The predicted molar refractivity (Wildman–Crippen MR) is 37.8 cm³/mol. The molecule has 0 saturated heterocycles. The SMILES string of the molecule is CCc1n[nH]c(C)c1[N+](=O)O. The highest BCUT2D eigenvalue weighted by Gasteiger charge is 2.24. The number of rotatable bonds is 2. The molecule has 1 heterocycles. The van der Waals surface area contributed by atoms with E-state index in [4.69, 9.17) is 5.21 Å². The quantitative estimate of drug-likeness (QED) is 0.629. The second kappa shape index (κ2) is 2.69. The van der Waals surface area contributed by atoms with Gasteiger partial charge in [0.15, 0.2) is 0 Å². The molecule has 0 aromatic carbocycles. The first-order valence-corrected chi connectivity index (χ1v) is 3.36. The van der Waals surface area contributed by atoms with Crippen molar-refractivity contribution in [3.8, 4) is 0 Å². The van der Waals surface area contributed by atoms with Gasteiger partial charge in [0.05, 0.1) is 4.91 Å². The summed E-state index contributed by atoms with van der Waals surface area (Å²) in [5, 5.41) is 15.1. The Morgan fingerprint density at radius 3 is 2.73 bits per heavy atom. The number of aromatic amines is 1. The third kappa shape index (κ3) is 1.21. The van der Waals surface area contributed by atoms with E-state index in [1.165, 1.54) is 0 Å². The van der Waals surface area contributed by atoms with Gasteiger partial charge in [-0.25, -0.2) is 5.21 Å². The lowest BCUT2D eigenvalue weighted by Crippen LogP contribution is -1.95. The standard InChI is InChI=1S/C6H10N3O2/c1-3-5-6(9(10)11)4(2)7-8-5/h3H2,1-2H3,(H,7,8)(H,10,11)/q+1. The Morgan fingerprint density at radius 2 is 2.36 bits per heavy atom. The zero-order valence-corrected chi connectivity index (χ0v) is 6.46. The number of nitrogens with zero attached hydrogens (tertiary/aromatic N) is 2. The van der Waals surface area contributed by atoms with Crippen LogP contribution >= 0.6 is 0 Å². The van der Waals surface area contributed by atoms with Gasteiger partial charge < -0.3 is 0 Å². The van der Waals surface area contributed by atoms with Crippen LogP contribution in [0, 0.1) is 11.8 Å². The molecule has 0 amide bonds. The van der Waals surface area contributed by atoms with Crippen molar-refractivity contribution in [1.82, 2.24) is 10.2 Å². The van der Waals surface area contributed by atoms with Gasteiger partial charge in [-0.3, -0.25) is 5.10 Å². The molecule has 1 aromatic heterocycles. The smallest absolute Gasteiger partial charge is 0.275 e. The number of aromatic nitrogens is 2. The molecule has 1 rings (SSSR count). The monoisotopic (exact) mass is 156 g/mol. The minimum absolute atomic E-state index is 0.155. The van der Waals surface area contributed by atoms with Crippen molar-refractivity contribution in [2.24, 2.45) is 0 Å². The average Bonchev–Trinajstić information content (AvgIpc) is 2.30. The molecular weight excluding hydrogens is 146 g/mol. The molecule has 1 aromatic rings. The van der Waals surface area contributed by atoms with Crippen LogP contribution in [-0.4, -0.2) is 20.3 Å². The van der Waals surface area contributed by atoms with Gasteiger partial charge in [-0.1, -0.05) is 6.92 Å². The topological polar surface area (TPSA) is 69.0 Å². The van der Waals surface area contributed by atoms with Gasteiger partial charge in [0.25, 0.3) is 4.92 Å². The molecule has 0 radical (unpaired) electrons. The second-order valence-corrected chi connectivity index (χ2v) is 2.27. The van der Waals surface area contributed by atoms with Gasteiger partial charge in [0.2, 0.25) is 0 Å². The van der Waals surface area contributed by atoms with Crippen molar-refractivity contribution in [1.29, 1.82) is 0 Å². The van der Waals surface area contributed by atoms with Gasteiger partial charge in [-0.15, -0.1) is 0 Å². The summed E-state index contributed by atoms with van der Waals surface area (Å²) in [5.41, 5.74) is 1.40. The number of hydrogen-bond donors (Lipinski definition) is 2. The maximum Gasteiger partial charge on any atom is 0.359 e. The minimum atomic E-state index is -0.155. The van der Waals surface area contributed by atoms with Crippen LogP contribution in [0.4, 0.5) is 5.69 Å². The predicted octanol–water partition coefficient (Wildman–Crippen LogP) is 1.08. The number of nitrogens with one attached hydrogen (secondary N) is 1. The Hall–Kier alpha value is -1.39. The van der Waals surface area contributed by atoms with E-state index >= 15 is 0 Å². The lowest BCUT2D eigenvalue weighted by molar-refractivity contribution is -0.730. The van der Waals surface area contributed by atoms with Crippen LogP contribution in [0.25, 0.3) is 0 Å². The summed E-state index contributed by atoms with van der Waals surface area (Å²) in [6.45, 7) is 3.55. The van der Waals surface area contributed by atoms with Gasteiger partial charge in [0.1, 0.15) is 11.4 Å². The summed E-state index contributed by atoms with van der Waals surface area (Å²) in [6.07, 6.45) is 0.624. The fourth-order valence-electron chi connectivity index (χ4n) is 0.974. The van der Waals surface area contributed by atoms with E-state index in [2.05, 4.69) is 10.2 Å². The van der Waals surface area contributed by atoms with Crippen molar-refractivity contribution in [3.05, 3.63) is 16.3 Å². The summed E-state index contributed by atoms with van der Waals surface area (Å²) in [4.78, 5) is 10.4. The number of hydrogen-bond acceptors (Lipinski definition) is 2. The molecule has 0 unspecified atom stereocenters. The van der Waals surface area contributed by atoms with E-state index in [9.17, 15) is 4.91 Å². The molecule has 0 fully saturated rings. The molecule has 60 valence electrons. The maximum atomic E-state index is 10.5. The lowest BCUT2D eigenvalue weighted by Gasteiger charge is -1.83. The molecule has 0 aliphatic rings. The highest BCUT2D eigenvalue weighted by Crippen LogP contribution is 2.19. The van der Waals surface area contributed by atoms with Crippen LogP contribution in [0.1, 0.15) is 18.3 Å². The molecule has 0 atom stereocenters. The van der Waals surface area contributed by atoms with E-state index in [1.807, 2.05) is 6.92 Å². The first-order valence-electron chi connectivity index (χ1n) is 3.36. The molecule has 5 nitrogen and oxygen atoms in total. The highest BCUT2D eigenvalue weighted by molar-refractivity contribution is 5.38. The molecule has 0 bridgehead atoms. The van der Waals surface area contributed by atoms with Gasteiger partial charge >= 0.3 is 5.69 Å². The van der Waals surface area contributed by atoms with E-state index in [0.717, 1.165) is 0 Å². The normalized spacial score (nSPS) is 10.0. The Kier molecular flexibility index (Phi) is 1.89. The summed E-state index contributed by atoms with van der Waals surface area (Å²) < 4.78 is 0. The summed E-state index contributed by atoms with van der Waals surface area (Å²) >= 11 is 0. The molecule has 0 aliphatic heterocycles. The molecule has 5 heteroatoms. The van der Waals surface area contributed by atoms with E-state index in [-0.39, 0.29) is 10.6 Å². The Labute approximate surface area is 63.6 Å². The van der Waals surface area contributed by atoms with Crippen molar-refractivity contribution < 1.29 is 10.1 Å². The van der Waals surface area contributed by atoms with Gasteiger partial charge in [-0.05, 0) is 13.3 Å². The van der Waals surface area contributed by atoms with Crippen molar-refractivity contribution >= 4 is 5.69 Å². The van der Waals surface area contributed by atoms with E-state index in [0.29, 0.717) is 17.8 Å². The number of aryl methyl sites for hydroxylation is 2. The molecule has 2 N–H and O–H groups in total.